The van der Waals surface area contributed by atoms with Gasteiger partial charge < -0.3 is 5.73 Å². The lowest BCUT2D eigenvalue weighted by Gasteiger charge is -2.25. The Bertz CT molecular complexity index is 795. The number of nitrogen functional groups attached to an aromatic ring is 1. The third kappa shape index (κ3) is 2.48. The summed E-state index contributed by atoms with van der Waals surface area (Å²) >= 11 is 3.21. The Morgan fingerprint density at radius 1 is 1.45 bits per heavy atom. The van der Waals surface area contributed by atoms with Crippen molar-refractivity contribution < 1.29 is 4.39 Å². The number of nitrogens with zero attached hydrogens (tertiary/aromatic N) is 2. The quantitative estimate of drug-likeness (QED) is 0.828. The van der Waals surface area contributed by atoms with Gasteiger partial charge >= 0.3 is 0 Å². The van der Waals surface area contributed by atoms with Crippen LogP contribution in [0.15, 0.2) is 22.7 Å². The van der Waals surface area contributed by atoms with E-state index in [1.807, 2.05) is 0 Å². The summed E-state index contributed by atoms with van der Waals surface area (Å²) in [5.74, 6) is 0.463. The molecular weight excluding hydrogens is 345 g/mol. The number of rotatable bonds is 1. The largest absolute Gasteiger partial charge is 0.383 e. The van der Waals surface area contributed by atoms with Gasteiger partial charge in [-0.2, -0.15) is 5.26 Å². The fourth-order valence-corrected chi connectivity index (χ4v) is 3.41. The monoisotopic (exact) mass is 359 g/mol. The molecule has 2 N–H and O–H groups in total. The van der Waals surface area contributed by atoms with E-state index in [4.69, 9.17) is 5.73 Å². The molecule has 22 heavy (non-hydrogen) atoms. The number of aromatic nitrogens is 1. The maximum Gasteiger partial charge on any atom is 0.142 e. The van der Waals surface area contributed by atoms with Gasteiger partial charge in [-0.05, 0) is 64.4 Å². The smallest absolute Gasteiger partial charge is 0.142 e. The highest BCUT2D eigenvalue weighted by molar-refractivity contribution is 9.10. The summed E-state index contributed by atoms with van der Waals surface area (Å²) in [6.45, 7) is 2.19. The van der Waals surface area contributed by atoms with Gasteiger partial charge in [0.1, 0.15) is 23.3 Å². The van der Waals surface area contributed by atoms with Crippen molar-refractivity contribution in [2.24, 2.45) is 5.92 Å². The van der Waals surface area contributed by atoms with Gasteiger partial charge in [0, 0.05) is 11.3 Å². The maximum atomic E-state index is 13.5. The van der Waals surface area contributed by atoms with Gasteiger partial charge in [0.25, 0.3) is 0 Å². The van der Waals surface area contributed by atoms with Crippen molar-refractivity contribution in [1.82, 2.24) is 4.98 Å². The fraction of sp³-hybridized carbons (Fsp3) is 0.294. The molecule has 1 aromatic heterocycles. The number of pyridine rings is 1. The van der Waals surface area contributed by atoms with Crippen LogP contribution in [0.5, 0.6) is 0 Å². The molecule has 0 saturated carbocycles. The molecule has 0 spiro atoms. The first kappa shape index (κ1) is 15.0. The highest BCUT2D eigenvalue weighted by atomic mass is 79.9. The van der Waals surface area contributed by atoms with Crippen LogP contribution in [0.2, 0.25) is 0 Å². The summed E-state index contributed by atoms with van der Waals surface area (Å²) in [5.41, 5.74) is 9.99. The minimum Gasteiger partial charge on any atom is -0.383 e. The normalized spacial score (nSPS) is 16.9. The van der Waals surface area contributed by atoms with Crippen molar-refractivity contribution in [3.8, 4) is 17.2 Å². The summed E-state index contributed by atoms with van der Waals surface area (Å²) in [6.07, 6.45) is 2.79. The van der Waals surface area contributed by atoms with Crippen LogP contribution < -0.4 is 5.73 Å². The van der Waals surface area contributed by atoms with E-state index in [0.29, 0.717) is 16.0 Å². The maximum absolute atomic E-state index is 13.5. The van der Waals surface area contributed by atoms with Gasteiger partial charge in [0.05, 0.1) is 4.47 Å². The molecule has 1 atom stereocenters. The molecule has 0 aliphatic heterocycles. The first-order chi connectivity index (χ1) is 10.5. The molecular formula is C17H15BrFN3. The first-order valence-electron chi connectivity index (χ1n) is 7.18. The van der Waals surface area contributed by atoms with Crippen molar-refractivity contribution >= 4 is 21.7 Å². The van der Waals surface area contributed by atoms with Crippen LogP contribution >= 0.6 is 15.9 Å². The molecule has 3 nitrogen and oxygen atoms in total. The van der Waals surface area contributed by atoms with Crippen molar-refractivity contribution in [3.05, 3.63) is 45.3 Å². The average Bonchev–Trinajstić information content (AvgIpc) is 2.49. The molecule has 1 aliphatic rings. The second kappa shape index (κ2) is 5.69. The van der Waals surface area contributed by atoms with E-state index in [1.54, 1.807) is 12.1 Å². The Morgan fingerprint density at radius 3 is 2.91 bits per heavy atom. The van der Waals surface area contributed by atoms with E-state index in [2.05, 4.69) is 33.9 Å². The molecule has 1 unspecified atom stereocenters. The van der Waals surface area contributed by atoms with Gasteiger partial charge in [-0.1, -0.05) is 13.0 Å². The number of nitrogens with two attached hydrogens (primary N) is 1. The Labute approximate surface area is 137 Å². The lowest BCUT2D eigenvalue weighted by Crippen LogP contribution is -2.16. The van der Waals surface area contributed by atoms with E-state index in [0.717, 1.165) is 41.6 Å². The van der Waals surface area contributed by atoms with Gasteiger partial charge in [-0.25, -0.2) is 9.37 Å². The number of benzene rings is 1. The summed E-state index contributed by atoms with van der Waals surface area (Å²) in [5, 5.41) is 9.50. The van der Waals surface area contributed by atoms with Crippen molar-refractivity contribution in [2.75, 3.05) is 5.73 Å². The van der Waals surface area contributed by atoms with E-state index < -0.39 is 0 Å². The number of anilines is 1. The molecule has 1 heterocycles. The molecule has 5 heteroatoms. The topological polar surface area (TPSA) is 62.7 Å². The van der Waals surface area contributed by atoms with Crippen LogP contribution in [-0.4, -0.2) is 4.98 Å². The van der Waals surface area contributed by atoms with Gasteiger partial charge in [-0.15, -0.1) is 0 Å². The van der Waals surface area contributed by atoms with E-state index in [1.165, 1.54) is 6.07 Å². The first-order valence-corrected chi connectivity index (χ1v) is 7.97. The van der Waals surface area contributed by atoms with Gasteiger partial charge in [0.2, 0.25) is 0 Å². The molecule has 3 rings (SSSR count). The third-order valence-corrected chi connectivity index (χ3v) is 4.77. The van der Waals surface area contributed by atoms with Gasteiger partial charge in [-0.3, -0.25) is 0 Å². The van der Waals surface area contributed by atoms with E-state index >= 15 is 0 Å². The SMILES string of the molecule is CC1CCc2nc(N)c(C#N)c(-c3ccc(F)c(Br)c3)c2C1. The summed E-state index contributed by atoms with van der Waals surface area (Å²) in [4.78, 5) is 4.41. The van der Waals surface area contributed by atoms with Crippen LogP contribution in [-0.2, 0) is 12.8 Å². The Morgan fingerprint density at radius 2 is 2.23 bits per heavy atom. The minimum atomic E-state index is -0.327. The molecule has 1 aliphatic carbocycles. The minimum absolute atomic E-state index is 0.256. The van der Waals surface area contributed by atoms with E-state index in [-0.39, 0.29) is 11.6 Å². The summed E-state index contributed by atoms with van der Waals surface area (Å²) < 4.78 is 13.9. The van der Waals surface area contributed by atoms with E-state index in [9.17, 15) is 9.65 Å². The highest BCUT2D eigenvalue weighted by Crippen LogP contribution is 2.38. The van der Waals surface area contributed by atoms with Crippen molar-refractivity contribution in [2.45, 2.75) is 26.2 Å². The Hall–Kier alpha value is -1.93. The molecule has 1 aromatic carbocycles. The Kier molecular flexibility index (Phi) is 3.88. The summed E-state index contributed by atoms with van der Waals surface area (Å²) in [7, 11) is 0. The number of nitriles is 1. The van der Waals surface area contributed by atoms with Crippen LogP contribution in [0.3, 0.4) is 0 Å². The molecule has 112 valence electrons. The molecule has 0 fully saturated rings. The van der Waals surface area contributed by atoms with Crippen LogP contribution in [0.4, 0.5) is 10.2 Å². The lowest BCUT2D eigenvalue weighted by atomic mass is 9.82. The van der Waals surface area contributed by atoms with Crippen molar-refractivity contribution in [1.29, 1.82) is 5.26 Å². The zero-order chi connectivity index (χ0) is 15.9. The average molecular weight is 360 g/mol. The zero-order valence-corrected chi connectivity index (χ0v) is 13.7. The second-order valence-electron chi connectivity index (χ2n) is 5.76. The number of halogens is 2. The molecule has 0 radical (unpaired) electrons. The fourth-order valence-electron chi connectivity index (χ4n) is 3.04. The Balaban J connectivity index is 2.31. The van der Waals surface area contributed by atoms with Crippen LogP contribution in [0, 0.1) is 23.1 Å². The molecule has 0 saturated heterocycles. The third-order valence-electron chi connectivity index (χ3n) is 4.16. The predicted molar refractivity (Wildman–Crippen MR) is 87.6 cm³/mol. The number of fused-ring (bicyclic) bond motifs is 1. The summed E-state index contributed by atoms with van der Waals surface area (Å²) in [6, 6.07) is 6.95. The predicted octanol–water partition coefficient (Wildman–Crippen LogP) is 4.23. The molecule has 2 aromatic rings. The lowest BCUT2D eigenvalue weighted by molar-refractivity contribution is 0.495. The van der Waals surface area contributed by atoms with Crippen LogP contribution in [0.1, 0.15) is 30.2 Å². The number of hydrogen-bond acceptors (Lipinski definition) is 3. The van der Waals surface area contributed by atoms with Crippen LogP contribution in [0.25, 0.3) is 11.1 Å². The highest BCUT2D eigenvalue weighted by Gasteiger charge is 2.25. The zero-order valence-electron chi connectivity index (χ0n) is 12.2. The standard InChI is InChI=1S/C17H15BrFN3/c1-9-2-5-15-11(6-9)16(12(8-20)17(21)22-15)10-3-4-14(19)13(18)7-10/h3-4,7,9H,2,5-6H2,1H3,(H2,21,22). The van der Waals surface area contributed by atoms with Gasteiger partial charge in [0.15, 0.2) is 0 Å². The molecule has 0 bridgehead atoms. The molecule has 0 amide bonds. The number of aryl methyl sites for hydroxylation is 1. The number of hydrogen-bond donors (Lipinski definition) is 1. The second-order valence-corrected chi connectivity index (χ2v) is 6.62. The van der Waals surface area contributed by atoms with Crippen molar-refractivity contribution in [3.63, 3.8) is 0 Å².